The van der Waals surface area contributed by atoms with Crippen LogP contribution in [-0.2, 0) is 25.0 Å². The number of amides is 2. The van der Waals surface area contributed by atoms with Crippen molar-refractivity contribution < 1.29 is 40.6 Å². The standard InChI is InChI=1S/C11H15N3O6S.C6H7NO3S/c1-6-2-3-7(4-9(6)21(18,19)20)14-11(17)13-5-8(12)10(15)16;7-5-2-1-3-6(4-5)11(8,9)10/h2-4,8H,5,12H2,1H3,(H,15,16)(H2,13,14,17)(H,18,19,20);1-4H,7H2,(H,8,9,10)/t8-;/m0./s1. The van der Waals surface area contributed by atoms with E-state index in [-0.39, 0.29) is 22.0 Å². The summed E-state index contributed by atoms with van der Waals surface area (Å²) >= 11 is 0. The molecule has 0 unspecified atom stereocenters. The number of aryl methyl sites for hydroxylation is 1. The van der Waals surface area contributed by atoms with Gasteiger partial charge in [0.1, 0.15) is 6.04 Å². The Kier molecular flexibility index (Phi) is 9.10. The largest absolute Gasteiger partial charge is 0.480 e. The van der Waals surface area contributed by atoms with Gasteiger partial charge in [0.25, 0.3) is 20.2 Å². The number of rotatable bonds is 6. The molecule has 176 valence electrons. The van der Waals surface area contributed by atoms with Gasteiger partial charge in [-0.15, -0.1) is 0 Å². The minimum atomic E-state index is -4.40. The Balaban J connectivity index is 0.000000389. The van der Waals surface area contributed by atoms with Gasteiger partial charge in [-0.05, 0) is 42.8 Å². The number of aliphatic carboxylic acids is 1. The summed E-state index contributed by atoms with van der Waals surface area (Å²) in [4.78, 5) is 21.5. The van der Waals surface area contributed by atoms with Crippen LogP contribution in [0.5, 0.6) is 0 Å². The Hall–Kier alpha value is -3.24. The summed E-state index contributed by atoms with van der Waals surface area (Å²) in [5, 5.41) is 13.1. The second kappa shape index (κ2) is 10.9. The molecule has 0 aliphatic rings. The first kappa shape index (κ1) is 26.8. The lowest BCUT2D eigenvalue weighted by Gasteiger charge is -2.11. The molecule has 0 spiro atoms. The fourth-order valence-corrected chi connectivity index (χ4v) is 3.38. The van der Waals surface area contributed by atoms with Crippen molar-refractivity contribution in [1.29, 1.82) is 0 Å². The minimum Gasteiger partial charge on any atom is -0.480 e. The fourth-order valence-electron chi connectivity index (χ4n) is 2.10. The van der Waals surface area contributed by atoms with Crippen LogP contribution < -0.4 is 22.1 Å². The third-order valence-corrected chi connectivity index (χ3v) is 5.52. The molecule has 32 heavy (non-hydrogen) atoms. The van der Waals surface area contributed by atoms with Crippen LogP contribution in [0.4, 0.5) is 16.2 Å². The Morgan fingerprint density at radius 2 is 1.66 bits per heavy atom. The molecule has 0 radical (unpaired) electrons. The molecule has 0 saturated carbocycles. The van der Waals surface area contributed by atoms with Gasteiger partial charge in [-0.3, -0.25) is 13.9 Å². The Morgan fingerprint density at radius 1 is 1.03 bits per heavy atom. The third-order valence-electron chi connectivity index (χ3n) is 3.68. The predicted octanol–water partition coefficient (Wildman–Crippen LogP) is 0.291. The summed E-state index contributed by atoms with van der Waals surface area (Å²) in [5.74, 6) is -1.26. The number of carboxylic acids is 1. The molecule has 0 fully saturated rings. The number of anilines is 2. The van der Waals surface area contributed by atoms with Crippen molar-refractivity contribution in [1.82, 2.24) is 5.32 Å². The molecule has 0 heterocycles. The van der Waals surface area contributed by atoms with Crippen LogP contribution in [0.2, 0.25) is 0 Å². The van der Waals surface area contributed by atoms with Gasteiger partial charge in [0.15, 0.2) is 0 Å². The van der Waals surface area contributed by atoms with Gasteiger partial charge >= 0.3 is 12.0 Å². The first-order valence-electron chi connectivity index (χ1n) is 8.55. The smallest absolute Gasteiger partial charge is 0.322 e. The molecule has 9 N–H and O–H groups in total. The van der Waals surface area contributed by atoms with Crippen molar-refractivity contribution in [2.75, 3.05) is 17.6 Å². The zero-order valence-electron chi connectivity index (χ0n) is 16.6. The summed E-state index contributed by atoms with van der Waals surface area (Å²) in [5.41, 5.74) is 11.2. The number of hydrogen-bond acceptors (Lipinski definition) is 8. The SMILES string of the molecule is Cc1ccc(NC(=O)NC[C@H](N)C(=O)O)cc1S(=O)(=O)O.Nc1cccc(S(=O)(=O)O)c1. The van der Waals surface area contributed by atoms with Crippen LogP contribution >= 0.6 is 0 Å². The van der Waals surface area contributed by atoms with E-state index in [1.807, 2.05) is 0 Å². The summed E-state index contributed by atoms with van der Waals surface area (Å²) in [7, 11) is -8.50. The molecule has 1 atom stereocenters. The molecule has 13 nitrogen and oxygen atoms in total. The lowest BCUT2D eigenvalue weighted by molar-refractivity contribution is -0.138. The molecule has 0 aromatic heterocycles. The molecule has 2 rings (SSSR count). The highest BCUT2D eigenvalue weighted by Crippen LogP contribution is 2.19. The molecule has 2 aromatic carbocycles. The van der Waals surface area contributed by atoms with E-state index in [2.05, 4.69) is 10.6 Å². The van der Waals surface area contributed by atoms with Crippen LogP contribution in [-0.4, -0.2) is 55.6 Å². The summed E-state index contributed by atoms with van der Waals surface area (Å²) in [6.45, 7) is 1.19. The number of urea groups is 1. The molecule has 0 aliphatic heterocycles. The minimum absolute atomic E-state index is 0.120. The van der Waals surface area contributed by atoms with Crippen molar-refractivity contribution in [2.24, 2.45) is 5.73 Å². The second-order valence-electron chi connectivity index (χ2n) is 6.28. The number of benzene rings is 2. The fraction of sp³-hybridized carbons (Fsp3) is 0.176. The van der Waals surface area contributed by atoms with Crippen molar-refractivity contribution >= 4 is 43.6 Å². The molecule has 0 saturated heterocycles. The molecule has 2 aromatic rings. The van der Waals surface area contributed by atoms with Crippen molar-refractivity contribution in [3.8, 4) is 0 Å². The zero-order valence-corrected chi connectivity index (χ0v) is 18.2. The van der Waals surface area contributed by atoms with E-state index in [1.54, 1.807) is 0 Å². The van der Waals surface area contributed by atoms with Crippen LogP contribution in [0.25, 0.3) is 0 Å². The average Bonchev–Trinajstić information content (AvgIpc) is 2.66. The van der Waals surface area contributed by atoms with E-state index in [0.29, 0.717) is 11.3 Å². The van der Waals surface area contributed by atoms with Crippen LogP contribution in [0.1, 0.15) is 5.56 Å². The van der Waals surface area contributed by atoms with Crippen molar-refractivity contribution in [3.63, 3.8) is 0 Å². The third kappa shape index (κ3) is 8.86. The maximum Gasteiger partial charge on any atom is 0.322 e. The van der Waals surface area contributed by atoms with E-state index in [1.165, 1.54) is 43.3 Å². The summed E-state index contributed by atoms with van der Waals surface area (Å²) in [6.07, 6.45) is 0. The average molecular weight is 491 g/mol. The second-order valence-corrected chi connectivity index (χ2v) is 9.09. The number of carbonyl (C=O) groups excluding carboxylic acids is 1. The van der Waals surface area contributed by atoms with Gasteiger partial charge < -0.3 is 27.2 Å². The predicted molar refractivity (Wildman–Crippen MR) is 114 cm³/mol. The Morgan fingerprint density at radius 3 is 2.12 bits per heavy atom. The number of nitrogens with one attached hydrogen (secondary N) is 2. The number of nitrogen functional groups attached to an aromatic ring is 1. The quantitative estimate of drug-likeness (QED) is 0.214. The number of nitrogens with two attached hydrogens (primary N) is 2. The Labute approximate surface area is 183 Å². The maximum atomic E-state index is 11.5. The highest BCUT2D eigenvalue weighted by molar-refractivity contribution is 7.86. The number of carboxylic acid groups (broad SMARTS) is 1. The van der Waals surface area contributed by atoms with E-state index >= 15 is 0 Å². The zero-order chi connectivity index (χ0) is 24.7. The van der Waals surface area contributed by atoms with Gasteiger partial charge in [0, 0.05) is 17.9 Å². The van der Waals surface area contributed by atoms with Crippen molar-refractivity contribution in [3.05, 3.63) is 48.0 Å². The maximum absolute atomic E-state index is 11.5. The van der Waals surface area contributed by atoms with Crippen LogP contribution in [0.3, 0.4) is 0 Å². The first-order valence-corrected chi connectivity index (χ1v) is 11.4. The lowest BCUT2D eigenvalue weighted by Crippen LogP contribution is -2.43. The van der Waals surface area contributed by atoms with Gasteiger partial charge in [0.05, 0.1) is 9.79 Å². The first-order chi connectivity index (χ1) is 14.6. The highest BCUT2D eigenvalue weighted by atomic mass is 32.2. The van der Waals surface area contributed by atoms with Gasteiger partial charge in [-0.25, -0.2) is 4.79 Å². The Bertz CT molecular complexity index is 1200. The molecular weight excluding hydrogens is 468 g/mol. The van der Waals surface area contributed by atoms with Crippen LogP contribution in [0.15, 0.2) is 52.3 Å². The molecular formula is C17H22N4O9S2. The normalized spacial score (nSPS) is 12.1. The van der Waals surface area contributed by atoms with Crippen molar-refractivity contribution in [2.45, 2.75) is 22.8 Å². The van der Waals surface area contributed by atoms with E-state index < -0.39 is 38.3 Å². The summed E-state index contributed by atoms with van der Waals surface area (Å²) < 4.78 is 60.8. The van der Waals surface area contributed by atoms with Gasteiger partial charge in [-0.2, -0.15) is 16.8 Å². The van der Waals surface area contributed by atoms with Gasteiger partial charge in [0.2, 0.25) is 0 Å². The molecule has 15 heteroatoms. The molecule has 2 amide bonds. The lowest BCUT2D eigenvalue weighted by atomic mass is 10.2. The number of carbonyl (C=O) groups is 2. The highest BCUT2D eigenvalue weighted by Gasteiger charge is 2.16. The van der Waals surface area contributed by atoms with E-state index in [9.17, 15) is 26.4 Å². The van der Waals surface area contributed by atoms with E-state index in [0.717, 1.165) is 6.07 Å². The monoisotopic (exact) mass is 490 g/mol. The van der Waals surface area contributed by atoms with Crippen LogP contribution in [0, 0.1) is 6.92 Å². The topological polar surface area (TPSA) is 239 Å². The molecule has 0 bridgehead atoms. The molecule has 0 aliphatic carbocycles. The summed E-state index contributed by atoms with van der Waals surface area (Å²) in [6, 6.07) is 7.37. The number of hydrogen-bond donors (Lipinski definition) is 7. The van der Waals surface area contributed by atoms with E-state index in [4.69, 9.17) is 25.7 Å². The van der Waals surface area contributed by atoms with Gasteiger partial charge in [-0.1, -0.05) is 12.1 Å².